The Kier molecular flexibility index (Phi) is 3.95. The third kappa shape index (κ3) is 3.11. The van der Waals surface area contributed by atoms with Gasteiger partial charge in [0.05, 0.1) is 11.4 Å². The Balaban J connectivity index is 2.73. The maximum Gasteiger partial charge on any atom is 0.128 e. The zero-order valence-electron chi connectivity index (χ0n) is 9.60. The molecule has 0 aliphatic carbocycles. The quantitative estimate of drug-likeness (QED) is 0.749. The molecule has 2 nitrogen and oxygen atoms in total. The van der Waals surface area contributed by atoms with Crippen molar-refractivity contribution in [3.05, 3.63) is 23.5 Å². The Labute approximate surface area is 90.7 Å². The van der Waals surface area contributed by atoms with Gasteiger partial charge in [-0.25, -0.2) is 4.39 Å². The first-order valence-corrected chi connectivity index (χ1v) is 5.34. The second kappa shape index (κ2) is 5.01. The first kappa shape index (κ1) is 11.8. The Morgan fingerprint density at radius 1 is 1.47 bits per heavy atom. The normalized spacial score (nSPS) is 12.5. The van der Waals surface area contributed by atoms with Gasteiger partial charge in [0.2, 0.25) is 0 Å². The van der Waals surface area contributed by atoms with Crippen molar-refractivity contribution < 1.29 is 4.39 Å². The molecule has 0 spiro atoms. The summed E-state index contributed by atoms with van der Waals surface area (Å²) < 4.78 is 13.1. The van der Waals surface area contributed by atoms with Gasteiger partial charge in [0.25, 0.3) is 0 Å². The van der Waals surface area contributed by atoms with Crippen molar-refractivity contribution in [2.75, 3.05) is 17.6 Å². The van der Waals surface area contributed by atoms with Crippen molar-refractivity contribution in [3.63, 3.8) is 0 Å². The number of rotatable bonds is 4. The van der Waals surface area contributed by atoms with Crippen molar-refractivity contribution >= 4 is 11.4 Å². The van der Waals surface area contributed by atoms with Crippen molar-refractivity contribution in [3.8, 4) is 0 Å². The Morgan fingerprint density at radius 3 is 2.73 bits per heavy atom. The van der Waals surface area contributed by atoms with E-state index in [-0.39, 0.29) is 5.82 Å². The third-order valence-corrected chi connectivity index (χ3v) is 2.67. The van der Waals surface area contributed by atoms with Crippen LogP contribution in [0.5, 0.6) is 0 Å². The fourth-order valence-corrected chi connectivity index (χ4v) is 1.28. The number of hydrogen-bond donors (Lipinski definition) is 2. The number of nitrogens with two attached hydrogens (primary N) is 1. The number of halogens is 1. The molecule has 0 aromatic heterocycles. The lowest BCUT2D eigenvalue weighted by molar-refractivity contribution is 0.593. The lowest BCUT2D eigenvalue weighted by Gasteiger charge is -2.14. The number of nitrogens with one attached hydrogen (secondary N) is 1. The van der Waals surface area contributed by atoms with Crippen molar-refractivity contribution in [2.24, 2.45) is 5.92 Å². The second-order valence-electron chi connectivity index (χ2n) is 4.08. The van der Waals surface area contributed by atoms with E-state index in [2.05, 4.69) is 19.2 Å². The largest absolute Gasteiger partial charge is 0.397 e. The highest BCUT2D eigenvalue weighted by Crippen LogP contribution is 2.22. The van der Waals surface area contributed by atoms with Crippen LogP contribution in [0, 0.1) is 18.7 Å². The van der Waals surface area contributed by atoms with Gasteiger partial charge in [-0.05, 0) is 30.5 Å². The minimum atomic E-state index is -0.249. The molecule has 1 aromatic carbocycles. The topological polar surface area (TPSA) is 38.0 Å². The predicted molar refractivity (Wildman–Crippen MR) is 63.5 cm³/mol. The molecule has 0 radical (unpaired) electrons. The molecule has 0 saturated carbocycles. The molecule has 84 valence electrons. The average Bonchev–Trinajstić information content (AvgIpc) is 2.21. The van der Waals surface area contributed by atoms with Crippen LogP contribution >= 0.6 is 0 Å². The summed E-state index contributed by atoms with van der Waals surface area (Å²) >= 11 is 0. The molecule has 1 aromatic rings. The maximum atomic E-state index is 13.1. The van der Waals surface area contributed by atoms with Crippen LogP contribution in [-0.2, 0) is 0 Å². The second-order valence-corrected chi connectivity index (χ2v) is 4.08. The smallest absolute Gasteiger partial charge is 0.128 e. The first-order valence-electron chi connectivity index (χ1n) is 5.34. The first-order chi connectivity index (χ1) is 7.04. The summed E-state index contributed by atoms with van der Waals surface area (Å²) in [5, 5.41) is 3.24. The van der Waals surface area contributed by atoms with E-state index in [9.17, 15) is 4.39 Å². The van der Waals surface area contributed by atoms with Crippen LogP contribution in [0.2, 0.25) is 0 Å². The van der Waals surface area contributed by atoms with Gasteiger partial charge < -0.3 is 11.1 Å². The summed E-state index contributed by atoms with van der Waals surface area (Å²) in [5.74, 6) is 0.344. The van der Waals surface area contributed by atoms with Crippen LogP contribution in [0.4, 0.5) is 15.8 Å². The molecule has 3 N–H and O–H groups in total. The lowest BCUT2D eigenvalue weighted by Crippen LogP contribution is -2.11. The van der Waals surface area contributed by atoms with Gasteiger partial charge in [0.15, 0.2) is 0 Å². The van der Waals surface area contributed by atoms with E-state index in [1.807, 2.05) is 0 Å². The Morgan fingerprint density at radius 2 is 2.13 bits per heavy atom. The summed E-state index contributed by atoms with van der Waals surface area (Å²) in [7, 11) is 0. The SMILES string of the molecule is CCC(C)CNc1cc(C)c(F)cc1N. The molecule has 3 heteroatoms. The highest BCUT2D eigenvalue weighted by atomic mass is 19.1. The average molecular weight is 210 g/mol. The van der Waals surface area contributed by atoms with E-state index in [0.29, 0.717) is 17.2 Å². The number of anilines is 2. The molecule has 0 saturated heterocycles. The molecule has 1 unspecified atom stereocenters. The van der Waals surface area contributed by atoms with Gasteiger partial charge >= 0.3 is 0 Å². The number of hydrogen-bond acceptors (Lipinski definition) is 2. The van der Waals surface area contributed by atoms with E-state index < -0.39 is 0 Å². The van der Waals surface area contributed by atoms with Crippen LogP contribution in [0.25, 0.3) is 0 Å². The Hall–Kier alpha value is -1.25. The van der Waals surface area contributed by atoms with Crippen LogP contribution in [0.1, 0.15) is 25.8 Å². The number of benzene rings is 1. The molecule has 0 bridgehead atoms. The summed E-state index contributed by atoms with van der Waals surface area (Å²) in [6, 6.07) is 3.13. The van der Waals surface area contributed by atoms with Gasteiger partial charge in [-0.15, -0.1) is 0 Å². The molecule has 15 heavy (non-hydrogen) atoms. The highest BCUT2D eigenvalue weighted by Gasteiger charge is 2.05. The molecule has 0 heterocycles. The van der Waals surface area contributed by atoms with Crippen molar-refractivity contribution in [2.45, 2.75) is 27.2 Å². The van der Waals surface area contributed by atoms with Gasteiger partial charge in [0.1, 0.15) is 5.82 Å². The summed E-state index contributed by atoms with van der Waals surface area (Å²) in [5.41, 5.74) is 7.64. The zero-order valence-corrected chi connectivity index (χ0v) is 9.60. The highest BCUT2D eigenvalue weighted by molar-refractivity contribution is 5.67. The lowest BCUT2D eigenvalue weighted by atomic mass is 10.1. The standard InChI is InChI=1S/C12H19FN2/c1-4-8(2)7-15-12-5-9(3)10(13)6-11(12)14/h5-6,8,15H,4,7,14H2,1-3H3. The minimum absolute atomic E-state index is 0.249. The van der Waals surface area contributed by atoms with Crippen molar-refractivity contribution in [1.29, 1.82) is 0 Å². The van der Waals surface area contributed by atoms with E-state index in [4.69, 9.17) is 5.73 Å². The molecular formula is C12H19FN2. The molecule has 0 fully saturated rings. The van der Waals surface area contributed by atoms with Crippen LogP contribution in [0.15, 0.2) is 12.1 Å². The van der Waals surface area contributed by atoms with Crippen LogP contribution in [0.3, 0.4) is 0 Å². The van der Waals surface area contributed by atoms with E-state index in [0.717, 1.165) is 18.7 Å². The monoisotopic (exact) mass is 210 g/mol. The van der Waals surface area contributed by atoms with Gasteiger partial charge in [0, 0.05) is 6.54 Å². The third-order valence-electron chi connectivity index (χ3n) is 2.67. The molecule has 1 rings (SSSR count). The minimum Gasteiger partial charge on any atom is -0.397 e. The Bertz CT molecular complexity index is 337. The van der Waals surface area contributed by atoms with E-state index in [1.165, 1.54) is 6.07 Å². The fraction of sp³-hybridized carbons (Fsp3) is 0.500. The van der Waals surface area contributed by atoms with Crippen LogP contribution < -0.4 is 11.1 Å². The maximum absolute atomic E-state index is 13.1. The fourth-order valence-electron chi connectivity index (χ4n) is 1.28. The zero-order chi connectivity index (χ0) is 11.4. The molecule has 0 amide bonds. The van der Waals surface area contributed by atoms with Crippen LogP contribution in [-0.4, -0.2) is 6.54 Å². The summed E-state index contributed by atoms with van der Waals surface area (Å²) in [6.45, 7) is 6.92. The molecular weight excluding hydrogens is 191 g/mol. The summed E-state index contributed by atoms with van der Waals surface area (Å²) in [4.78, 5) is 0. The summed E-state index contributed by atoms with van der Waals surface area (Å²) in [6.07, 6.45) is 1.12. The van der Waals surface area contributed by atoms with E-state index >= 15 is 0 Å². The van der Waals surface area contributed by atoms with Crippen molar-refractivity contribution in [1.82, 2.24) is 0 Å². The molecule has 1 atom stereocenters. The molecule has 0 aliphatic heterocycles. The predicted octanol–water partition coefficient (Wildman–Crippen LogP) is 3.17. The molecule has 0 aliphatic rings. The van der Waals surface area contributed by atoms with E-state index in [1.54, 1.807) is 13.0 Å². The van der Waals surface area contributed by atoms with Gasteiger partial charge in [-0.2, -0.15) is 0 Å². The van der Waals surface area contributed by atoms with Gasteiger partial charge in [-0.1, -0.05) is 20.3 Å². The number of aryl methyl sites for hydroxylation is 1. The number of nitrogen functional groups attached to an aromatic ring is 1. The van der Waals surface area contributed by atoms with Gasteiger partial charge in [-0.3, -0.25) is 0 Å².